The van der Waals surface area contributed by atoms with Gasteiger partial charge >= 0.3 is 0 Å². The summed E-state index contributed by atoms with van der Waals surface area (Å²) in [5.41, 5.74) is 3.75. The Hall–Kier alpha value is -4.94. The fourth-order valence-corrected chi connectivity index (χ4v) is 6.21. The molecule has 1 aromatic heterocycles. The van der Waals surface area contributed by atoms with Crippen LogP contribution in [0.3, 0.4) is 0 Å². The molecule has 4 aromatic rings. The molecule has 0 N–H and O–H groups in total. The molecule has 218 valence electrons. The molecule has 3 aromatic carbocycles. The third-order valence-corrected chi connectivity index (χ3v) is 8.40. The van der Waals surface area contributed by atoms with Crippen LogP contribution in [-0.4, -0.2) is 35.6 Å². The quantitative estimate of drug-likeness (QED) is 0.284. The number of hydrogen-bond acceptors (Lipinski definition) is 7. The second-order valence-corrected chi connectivity index (χ2v) is 10.9. The average Bonchev–Trinajstić information content (AvgIpc) is 3.34. The number of allylic oxidation sites excluding steroid dienone is 1. The Balaban J connectivity index is 1.61. The number of para-hydroxylation sites is 2. The molecule has 0 fully saturated rings. The first kappa shape index (κ1) is 29.5. The lowest BCUT2D eigenvalue weighted by Crippen LogP contribution is -2.43. The summed E-state index contributed by atoms with van der Waals surface area (Å²) in [5, 5.41) is 9.06. The van der Waals surface area contributed by atoms with E-state index in [0.29, 0.717) is 62.9 Å². The minimum absolute atomic E-state index is 0.155. The first-order valence-corrected chi connectivity index (χ1v) is 14.9. The van der Waals surface area contributed by atoms with E-state index >= 15 is 0 Å². The van der Waals surface area contributed by atoms with Crippen LogP contribution in [0.4, 0.5) is 0 Å². The predicted octanol–water partition coefficient (Wildman–Crippen LogP) is 4.56. The molecule has 43 heavy (non-hydrogen) atoms. The van der Waals surface area contributed by atoms with Crippen molar-refractivity contribution < 1.29 is 14.3 Å². The Kier molecular flexibility index (Phi) is 8.88. The number of hydrogen-bond donors (Lipinski definition) is 0. The van der Waals surface area contributed by atoms with Crippen LogP contribution in [0.2, 0.25) is 0 Å². The third kappa shape index (κ3) is 5.87. The summed E-state index contributed by atoms with van der Waals surface area (Å²) >= 11 is 1.28. The van der Waals surface area contributed by atoms with Crippen LogP contribution in [0.25, 0.3) is 6.08 Å². The number of ether oxygens (including phenoxy) is 2. The molecule has 8 nitrogen and oxygen atoms in total. The van der Waals surface area contributed by atoms with Crippen LogP contribution >= 0.6 is 11.3 Å². The van der Waals surface area contributed by atoms with E-state index < -0.39 is 6.04 Å². The molecule has 9 heteroatoms. The summed E-state index contributed by atoms with van der Waals surface area (Å²) in [4.78, 5) is 35.0. The number of amides is 1. The number of thiazole rings is 1. The van der Waals surface area contributed by atoms with E-state index in [1.54, 1.807) is 28.7 Å². The van der Waals surface area contributed by atoms with Gasteiger partial charge in [0, 0.05) is 24.2 Å². The van der Waals surface area contributed by atoms with Crippen LogP contribution in [0.5, 0.6) is 11.5 Å². The molecule has 0 unspecified atom stereocenters. The van der Waals surface area contributed by atoms with Gasteiger partial charge in [-0.2, -0.15) is 5.26 Å². The molecule has 1 aliphatic heterocycles. The number of rotatable bonds is 9. The molecule has 2 heterocycles. The lowest BCUT2D eigenvalue weighted by molar-refractivity contribution is -0.127. The Labute approximate surface area is 254 Å². The van der Waals surface area contributed by atoms with Crippen molar-refractivity contribution in [1.29, 1.82) is 5.26 Å². The number of nitriles is 1. The van der Waals surface area contributed by atoms with Gasteiger partial charge in [0.15, 0.2) is 4.80 Å². The zero-order valence-corrected chi connectivity index (χ0v) is 25.4. The van der Waals surface area contributed by atoms with Crippen molar-refractivity contribution in [3.63, 3.8) is 0 Å². The number of carbonyl (C=O) groups is 1. The molecule has 0 aliphatic carbocycles. The Morgan fingerprint density at radius 3 is 2.40 bits per heavy atom. The van der Waals surface area contributed by atoms with Gasteiger partial charge in [0.1, 0.15) is 24.1 Å². The van der Waals surface area contributed by atoms with Gasteiger partial charge in [0.25, 0.3) is 11.5 Å². The summed E-state index contributed by atoms with van der Waals surface area (Å²) in [6, 6.07) is 23.6. The lowest BCUT2D eigenvalue weighted by atomic mass is 9.94. The maximum atomic E-state index is 14.2. The Bertz CT molecular complexity index is 1910. The van der Waals surface area contributed by atoms with E-state index in [-0.39, 0.29) is 11.5 Å². The monoisotopic (exact) mass is 592 g/mol. The lowest BCUT2D eigenvalue weighted by Gasteiger charge is -2.29. The van der Waals surface area contributed by atoms with Gasteiger partial charge in [-0.05, 0) is 56.7 Å². The summed E-state index contributed by atoms with van der Waals surface area (Å²) < 4.78 is 13.9. The topological polar surface area (TPSA) is 96.9 Å². The average molecular weight is 593 g/mol. The van der Waals surface area contributed by atoms with Crippen LogP contribution in [0.15, 0.2) is 93.9 Å². The largest absolute Gasteiger partial charge is 0.496 e. The molecule has 1 amide bonds. The fraction of sp³-hybridized carbons (Fsp3) is 0.235. The van der Waals surface area contributed by atoms with Crippen molar-refractivity contribution in [2.75, 3.05) is 20.2 Å². The summed E-state index contributed by atoms with van der Waals surface area (Å²) in [6.45, 7) is 7.07. The van der Waals surface area contributed by atoms with Crippen molar-refractivity contribution in [3.05, 3.63) is 126 Å². The van der Waals surface area contributed by atoms with E-state index in [1.165, 1.54) is 11.3 Å². The zero-order valence-electron chi connectivity index (χ0n) is 24.5. The molecule has 1 atom stereocenters. The highest BCUT2D eigenvalue weighted by Gasteiger charge is 2.35. The summed E-state index contributed by atoms with van der Waals surface area (Å²) in [7, 11) is 1.58. The van der Waals surface area contributed by atoms with Crippen LogP contribution in [-0.2, 0) is 11.4 Å². The predicted molar refractivity (Wildman–Crippen MR) is 167 cm³/mol. The third-order valence-electron chi connectivity index (χ3n) is 7.42. The second kappa shape index (κ2) is 12.9. The molecular weight excluding hydrogens is 560 g/mol. The van der Waals surface area contributed by atoms with Gasteiger partial charge in [0.05, 0.1) is 34.5 Å². The smallest absolute Gasteiger partial charge is 0.271 e. The highest BCUT2D eigenvalue weighted by molar-refractivity contribution is 7.07. The summed E-state index contributed by atoms with van der Waals surface area (Å²) in [6.07, 6.45) is 1.81. The fourth-order valence-electron chi connectivity index (χ4n) is 5.17. The normalized spacial score (nSPS) is 14.5. The van der Waals surface area contributed by atoms with Gasteiger partial charge in [-0.1, -0.05) is 59.9 Å². The SMILES string of the molecule is CCN(CC)C(=O)C1=C(C)N=c2s/c(=C/c3ccccc3OCc3ccc(C#N)cc3)c(=O)n2[C@@H]1c1ccccc1OC. The van der Waals surface area contributed by atoms with Gasteiger partial charge in [0.2, 0.25) is 0 Å². The van der Waals surface area contributed by atoms with Crippen molar-refractivity contribution >= 4 is 23.3 Å². The highest BCUT2D eigenvalue weighted by atomic mass is 32.1. The molecule has 0 saturated carbocycles. The van der Waals surface area contributed by atoms with Gasteiger partial charge in [-0.3, -0.25) is 14.2 Å². The minimum atomic E-state index is -0.703. The van der Waals surface area contributed by atoms with E-state index in [1.807, 2.05) is 87.5 Å². The van der Waals surface area contributed by atoms with Crippen molar-refractivity contribution in [3.8, 4) is 17.6 Å². The zero-order chi connectivity index (χ0) is 30.5. The first-order valence-electron chi connectivity index (χ1n) is 14.1. The van der Waals surface area contributed by atoms with Crippen LogP contribution in [0.1, 0.15) is 49.1 Å². The molecule has 0 radical (unpaired) electrons. The maximum absolute atomic E-state index is 14.2. The van der Waals surface area contributed by atoms with Gasteiger partial charge < -0.3 is 14.4 Å². The van der Waals surface area contributed by atoms with Crippen LogP contribution < -0.4 is 24.4 Å². The molecule has 0 bridgehead atoms. The number of aromatic nitrogens is 1. The number of likely N-dealkylation sites (N-methyl/N-ethyl adjacent to an activating group) is 1. The first-order chi connectivity index (χ1) is 20.9. The van der Waals surface area contributed by atoms with Gasteiger partial charge in [-0.25, -0.2) is 4.99 Å². The molecule has 0 spiro atoms. The number of fused-ring (bicyclic) bond motifs is 1. The van der Waals surface area contributed by atoms with E-state index in [4.69, 9.17) is 19.7 Å². The number of nitrogens with zero attached hydrogens (tertiary/aromatic N) is 4. The van der Waals surface area contributed by atoms with Crippen molar-refractivity contribution in [2.45, 2.75) is 33.4 Å². The molecule has 1 aliphatic rings. The second-order valence-electron chi connectivity index (χ2n) is 9.94. The Morgan fingerprint density at radius 2 is 1.72 bits per heavy atom. The molecule has 0 saturated heterocycles. The maximum Gasteiger partial charge on any atom is 0.271 e. The van der Waals surface area contributed by atoms with E-state index in [9.17, 15) is 9.59 Å². The number of carbonyl (C=O) groups excluding carboxylic acids is 1. The molecular formula is C34H32N4O4S. The summed E-state index contributed by atoms with van der Waals surface area (Å²) in [5.74, 6) is 1.05. The van der Waals surface area contributed by atoms with Crippen molar-refractivity contribution in [1.82, 2.24) is 9.47 Å². The van der Waals surface area contributed by atoms with Crippen LogP contribution in [0, 0.1) is 11.3 Å². The van der Waals surface area contributed by atoms with E-state index in [2.05, 4.69) is 6.07 Å². The highest BCUT2D eigenvalue weighted by Crippen LogP contribution is 2.36. The number of benzene rings is 3. The van der Waals surface area contributed by atoms with Gasteiger partial charge in [-0.15, -0.1) is 0 Å². The number of methoxy groups -OCH3 is 1. The van der Waals surface area contributed by atoms with Crippen molar-refractivity contribution in [2.24, 2.45) is 4.99 Å². The minimum Gasteiger partial charge on any atom is -0.496 e. The standard InChI is InChI=1S/C34H32N4O4S/c1-5-37(6-2)33(40)30-22(3)36-34-38(31(30)26-12-8-10-14-28(26)41-4)32(39)29(43-34)19-25-11-7-9-13-27(25)42-21-24-17-15-23(20-35)16-18-24/h7-19,31H,5-6,21H2,1-4H3/b29-19+/t31-/m1/s1. The van der Waals surface area contributed by atoms with E-state index in [0.717, 1.165) is 11.1 Å². The molecule has 5 rings (SSSR count). The Morgan fingerprint density at radius 1 is 1.05 bits per heavy atom.